The maximum absolute atomic E-state index is 12.4. The van der Waals surface area contributed by atoms with Crippen molar-refractivity contribution in [3.63, 3.8) is 0 Å². The summed E-state index contributed by atoms with van der Waals surface area (Å²) >= 11 is 0. The first-order valence-corrected chi connectivity index (χ1v) is 6.06. The molecule has 17 heavy (non-hydrogen) atoms. The fourth-order valence-corrected chi connectivity index (χ4v) is 2.64. The van der Waals surface area contributed by atoms with Crippen LogP contribution in [-0.4, -0.2) is 24.2 Å². The molecule has 3 nitrogen and oxygen atoms in total. The zero-order valence-corrected chi connectivity index (χ0v) is 10.6. The van der Waals surface area contributed by atoms with Gasteiger partial charge in [0.25, 0.3) is 0 Å². The summed E-state index contributed by atoms with van der Waals surface area (Å²) in [5.41, 5.74) is 1.41. The number of anilines is 1. The number of aliphatic hydroxyl groups excluding tert-OH is 1. The molecule has 0 radical (unpaired) electrons. The summed E-state index contributed by atoms with van der Waals surface area (Å²) in [4.78, 5) is 14.0. The van der Waals surface area contributed by atoms with E-state index in [0.717, 1.165) is 11.3 Å². The Morgan fingerprint density at radius 1 is 1.41 bits per heavy atom. The van der Waals surface area contributed by atoms with Crippen LogP contribution in [0.2, 0.25) is 0 Å². The molecule has 3 heteroatoms. The summed E-state index contributed by atoms with van der Waals surface area (Å²) in [5.74, 6) is 0.0752. The second kappa shape index (κ2) is 4.15. The first kappa shape index (κ1) is 12.1. The molecule has 1 aromatic rings. The molecule has 1 heterocycles. The van der Waals surface area contributed by atoms with Gasteiger partial charge >= 0.3 is 0 Å². The quantitative estimate of drug-likeness (QED) is 0.868. The van der Waals surface area contributed by atoms with E-state index < -0.39 is 11.5 Å². The number of rotatable bonds is 3. The number of hydrogen-bond acceptors (Lipinski definition) is 2. The van der Waals surface area contributed by atoms with Crippen LogP contribution < -0.4 is 4.90 Å². The standard InChI is InChI=1S/C14H19NO2/c1-4-10(16)9-14(2)11-7-5-6-8-12(11)15(3)13(14)17/h5-8,10,16H,4,9H2,1-3H3. The highest BCUT2D eigenvalue weighted by atomic mass is 16.3. The molecule has 0 aliphatic carbocycles. The van der Waals surface area contributed by atoms with Crippen molar-refractivity contribution in [3.05, 3.63) is 29.8 Å². The van der Waals surface area contributed by atoms with Gasteiger partial charge in [-0.05, 0) is 31.4 Å². The minimum absolute atomic E-state index is 0.0752. The van der Waals surface area contributed by atoms with Crippen molar-refractivity contribution in [1.29, 1.82) is 0 Å². The van der Waals surface area contributed by atoms with Gasteiger partial charge in [-0.25, -0.2) is 0 Å². The Hall–Kier alpha value is -1.35. The number of aliphatic hydroxyl groups is 1. The molecule has 0 fully saturated rings. The number of hydrogen-bond donors (Lipinski definition) is 1. The maximum atomic E-state index is 12.4. The van der Waals surface area contributed by atoms with Gasteiger partial charge < -0.3 is 10.0 Å². The maximum Gasteiger partial charge on any atom is 0.237 e. The van der Waals surface area contributed by atoms with Gasteiger partial charge in [-0.15, -0.1) is 0 Å². The lowest BCUT2D eigenvalue weighted by Crippen LogP contribution is -2.38. The van der Waals surface area contributed by atoms with Gasteiger partial charge in [0.1, 0.15) is 0 Å². The first-order valence-electron chi connectivity index (χ1n) is 6.06. The van der Waals surface area contributed by atoms with Crippen LogP contribution in [0.4, 0.5) is 5.69 Å². The summed E-state index contributed by atoms with van der Waals surface area (Å²) < 4.78 is 0. The Morgan fingerprint density at radius 2 is 2.06 bits per heavy atom. The van der Waals surface area contributed by atoms with E-state index in [9.17, 15) is 9.90 Å². The van der Waals surface area contributed by atoms with Crippen LogP contribution in [0.25, 0.3) is 0 Å². The lowest BCUT2D eigenvalue weighted by Gasteiger charge is -2.25. The molecule has 2 rings (SSSR count). The number of nitrogens with zero attached hydrogens (tertiary/aromatic N) is 1. The second-order valence-corrected chi connectivity index (χ2v) is 4.98. The molecule has 0 aromatic heterocycles. The van der Waals surface area contributed by atoms with Gasteiger partial charge in [0, 0.05) is 12.7 Å². The highest BCUT2D eigenvalue weighted by Gasteiger charge is 2.46. The third-order valence-electron chi connectivity index (χ3n) is 3.75. The SMILES string of the molecule is CCC(O)CC1(C)C(=O)N(C)c2ccccc21. The zero-order valence-electron chi connectivity index (χ0n) is 10.6. The highest BCUT2D eigenvalue weighted by molar-refractivity contribution is 6.07. The molecular weight excluding hydrogens is 214 g/mol. The van der Waals surface area contributed by atoms with Crippen LogP contribution in [0.3, 0.4) is 0 Å². The Labute approximate surface area is 102 Å². The topological polar surface area (TPSA) is 40.5 Å². The molecule has 1 amide bonds. The molecule has 1 aliphatic heterocycles. The molecule has 0 bridgehead atoms. The predicted molar refractivity (Wildman–Crippen MR) is 68.1 cm³/mol. The van der Waals surface area contributed by atoms with Gasteiger partial charge in [-0.1, -0.05) is 25.1 Å². The number of fused-ring (bicyclic) bond motifs is 1. The van der Waals surface area contributed by atoms with Crippen LogP contribution in [0.1, 0.15) is 32.3 Å². The molecule has 0 saturated carbocycles. The summed E-state index contributed by atoms with van der Waals surface area (Å²) in [7, 11) is 1.80. The van der Waals surface area contributed by atoms with E-state index in [2.05, 4.69) is 0 Å². The van der Waals surface area contributed by atoms with Crippen molar-refractivity contribution in [2.45, 2.75) is 38.2 Å². The molecule has 2 unspecified atom stereocenters. The summed E-state index contributed by atoms with van der Waals surface area (Å²) in [6.07, 6.45) is 0.738. The van der Waals surface area contributed by atoms with Crippen LogP contribution >= 0.6 is 0 Å². The van der Waals surface area contributed by atoms with E-state index in [1.54, 1.807) is 11.9 Å². The Bertz CT molecular complexity index is 444. The van der Waals surface area contributed by atoms with Crippen molar-refractivity contribution < 1.29 is 9.90 Å². The van der Waals surface area contributed by atoms with Gasteiger partial charge in [0.2, 0.25) is 5.91 Å². The molecule has 0 spiro atoms. The van der Waals surface area contributed by atoms with E-state index in [4.69, 9.17) is 0 Å². The lowest BCUT2D eigenvalue weighted by atomic mass is 9.78. The van der Waals surface area contributed by atoms with E-state index in [1.807, 2.05) is 38.1 Å². The van der Waals surface area contributed by atoms with E-state index in [1.165, 1.54) is 0 Å². The Morgan fingerprint density at radius 3 is 2.71 bits per heavy atom. The number of amides is 1. The minimum atomic E-state index is -0.583. The van der Waals surface area contributed by atoms with Crippen LogP contribution in [0.5, 0.6) is 0 Å². The number of carbonyl (C=O) groups is 1. The Balaban J connectivity index is 2.44. The van der Waals surface area contributed by atoms with Crippen molar-refractivity contribution in [1.82, 2.24) is 0 Å². The van der Waals surface area contributed by atoms with Gasteiger partial charge in [-0.3, -0.25) is 4.79 Å². The average molecular weight is 233 g/mol. The molecule has 2 atom stereocenters. The average Bonchev–Trinajstić information content (AvgIpc) is 2.53. The smallest absolute Gasteiger partial charge is 0.237 e. The van der Waals surface area contributed by atoms with Gasteiger partial charge in [-0.2, -0.15) is 0 Å². The van der Waals surface area contributed by atoms with E-state index in [0.29, 0.717) is 12.8 Å². The van der Waals surface area contributed by atoms with Crippen LogP contribution in [0, 0.1) is 0 Å². The van der Waals surface area contributed by atoms with Crippen LogP contribution in [0.15, 0.2) is 24.3 Å². The third kappa shape index (κ3) is 1.75. The fraction of sp³-hybridized carbons (Fsp3) is 0.500. The minimum Gasteiger partial charge on any atom is -0.393 e. The Kier molecular flexibility index (Phi) is 2.96. The monoisotopic (exact) mass is 233 g/mol. The predicted octanol–water partition coefficient (Wildman–Crippen LogP) is 2.08. The van der Waals surface area contributed by atoms with E-state index in [-0.39, 0.29) is 5.91 Å². The van der Waals surface area contributed by atoms with Crippen molar-refractivity contribution in [3.8, 4) is 0 Å². The van der Waals surface area contributed by atoms with Crippen molar-refractivity contribution >= 4 is 11.6 Å². The largest absolute Gasteiger partial charge is 0.393 e. The lowest BCUT2D eigenvalue weighted by molar-refractivity contribution is -0.123. The number of para-hydroxylation sites is 1. The molecule has 1 N–H and O–H groups in total. The van der Waals surface area contributed by atoms with Gasteiger partial charge in [0.15, 0.2) is 0 Å². The summed E-state index contributed by atoms with van der Waals surface area (Å²) in [6, 6.07) is 7.82. The molecule has 1 aliphatic rings. The fourth-order valence-electron chi connectivity index (χ4n) is 2.64. The summed E-state index contributed by atoms with van der Waals surface area (Å²) in [6.45, 7) is 3.86. The molecule has 92 valence electrons. The normalized spacial score (nSPS) is 24.9. The van der Waals surface area contributed by atoms with Crippen molar-refractivity contribution in [2.24, 2.45) is 0 Å². The first-order chi connectivity index (χ1) is 8.00. The van der Waals surface area contributed by atoms with E-state index >= 15 is 0 Å². The second-order valence-electron chi connectivity index (χ2n) is 4.98. The molecule has 1 aromatic carbocycles. The number of likely N-dealkylation sites (N-methyl/N-ethyl adjacent to an activating group) is 1. The molecule has 0 saturated heterocycles. The number of benzene rings is 1. The van der Waals surface area contributed by atoms with Crippen molar-refractivity contribution in [2.75, 3.05) is 11.9 Å². The highest BCUT2D eigenvalue weighted by Crippen LogP contribution is 2.43. The van der Waals surface area contributed by atoms with Crippen LogP contribution in [-0.2, 0) is 10.2 Å². The summed E-state index contributed by atoms with van der Waals surface area (Å²) in [5, 5.41) is 9.84. The van der Waals surface area contributed by atoms with Gasteiger partial charge in [0.05, 0.1) is 11.5 Å². The zero-order chi connectivity index (χ0) is 12.6. The molecular formula is C14H19NO2. The third-order valence-corrected chi connectivity index (χ3v) is 3.75. The number of carbonyl (C=O) groups excluding carboxylic acids is 1.